The second kappa shape index (κ2) is 7.81. The Morgan fingerprint density at radius 3 is 2.76 bits per heavy atom. The molecule has 3 aromatic rings. The Kier molecular flexibility index (Phi) is 5.30. The third-order valence-electron chi connectivity index (χ3n) is 3.70. The van der Waals surface area contributed by atoms with Crippen LogP contribution in [-0.4, -0.2) is 25.1 Å². The molecule has 3 rings (SSSR count). The molecule has 2 aromatic heterocycles. The van der Waals surface area contributed by atoms with Crippen molar-refractivity contribution in [1.29, 1.82) is 0 Å². The second-order valence-electron chi connectivity index (χ2n) is 5.28. The fraction of sp³-hybridized carbons (Fsp3) is 0.158. The molecular weight excluding hydrogens is 336 g/mol. The average molecular weight is 354 g/mol. The van der Waals surface area contributed by atoms with Gasteiger partial charge in [-0.1, -0.05) is 6.07 Å². The van der Waals surface area contributed by atoms with Gasteiger partial charge in [-0.05, 0) is 41.3 Å². The topological polar surface area (TPSA) is 60.5 Å². The minimum absolute atomic E-state index is 0.200. The largest absolute Gasteiger partial charge is 0.497 e. The lowest BCUT2D eigenvalue weighted by molar-refractivity contribution is 0.0948. The van der Waals surface area contributed by atoms with E-state index in [-0.39, 0.29) is 5.91 Å². The van der Waals surface area contributed by atoms with Crippen LogP contribution in [0.3, 0.4) is 0 Å². The first-order valence-corrected chi connectivity index (χ1v) is 8.58. The van der Waals surface area contributed by atoms with Crippen molar-refractivity contribution >= 4 is 17.2 Å². The van der Waals surface area contributed by atoms with E-state index in [4.69, 9.17) is 9.47 Å². The lowest BCUT2D eigenvalue weighted by Crippen LogP contribution is -2.23. The molecule has 0 spiro atoms. The molecule has 5 nitrogen and oxygen atoms in total. The van der Waals surface area contributed by atoms with E-state index in [0.717, 1.165) is 16.1 Å². The van der Waals surface area contributed by atoms with Gasteiger partial charge in [0.25, 0.3) is 5.91 Å². The highest BCUT2D eigenvalue weighted by atomic mass is 32.1. The number of rotatable bonds is 6. The van der Waals surface area contributed by atoms with E-state index in [2.05, 4.69) is 10.3 Å². The van der Waals surface area contributed by atoms with Crippen molar-refractivity contribution in [3.8, 4) is 22.1 Å². The second-order valence-corrected chi connectivity index (χ2v) is 6.22. The van der Waals surface area contributed by atoms with E-state index in [1.54, 1.807) is 42.8 Å². The lowest BCUT2D eigenvalue weighted by atomic mass is 10.1. The number of methoxy groups -OCH3 is 2. The van der Waals surface area contributed by atoms with Gasteiger partial charge >= 0.3 is 0 Å². The van der Waals surface area contributed by atoms with Crippen LogP contribution in [0.25, 0.3) is 10.6 Å². The summed E-state index contributed by atoms with van der Waals surface area (Å²) in [6, 6.07) is 13.0. The summed E-state index contributed by atoms with van der Waals surface area (Å²) in [6.07, 6.45) is 1.75. The van der Waals surface area contributed by atoms with Crippen molar-refractivity contribution in [1.82, 2.24) is 10.3 Å². The van der Waals surface area contributed by atoms with Gasteiger partial charge in [0, 0.05) is 18.8 Å². The van der Waals surface area contributed by atoms with Crippen LogP contribution in [0.4, 0.5) is 0 Å². The Hall–Kier alpha value is -2.86. The number of hydrogen-bond acceptors (Lipinski definition) is 5. The molecule has 0 aliphatic carbocycles. The van der Waals surface area contributed by atoms with Crippen LogP contribution >= 0.6 is 11.3 Å². The highest BCUT2D eigenvalue weighted by molar-refractivity contribution is 7.13. The van der Waals surface area contributed by atoms with E-state index in [1.165, 1.54) is 7.11 Å². The van der Waals surface area contributed by atoms with Gasteiger partial charge in [0.1, 0.15) is 11.5 Å². The minimum atomic E-state index is -0.200. The molecule has 0 fully saturated rings. The lowest BCUT2D eigenvalue weighted by Gasteiger charge is -2.11. The number of pyridine rings is 1. The van der Waals surface area contributed by atoms with E-state index < -0.39 is 0 Å². The molecule has 2 heterocycles. The average Bonchev–Trinajstić information content (AvgIpc) is 3.20. The third-order valence-corrected chi connectivity index (χ3v) is 4.60. The first kappa shape index (κ1) is 17.0. The van der Waals surface area contributed by atoms with Crippen LogP contribution in [0.2, 0.25) is 0 Å². The number of amides is 1. The van der Waals surface area contributed by atoms with Crippen molar-refractivity contribution in [3.63, 3.8) is 0 Å². The zero-order chi connectivity index (χ0) is 17.6. The zero-order valence-corrected chi connectivity index (χ0v) is 14.8. The molecule has 1 N–H and O–H groups in total. The highest BCUT2D eigenvalue weighted by Crippen LogP contribution is 2.25. The molecule has 1 aromatic carbocycles. The normalized spacial score (nSPS) is 10.3. The quantitative estimate of drug-likeness (QED) is 0.732. The molecule has 0 saturated carbocycles. The monoisotopic (exact) mass is 354 g/mol. The first-order chi connectivity index (χ1) is 12.2. The summed E-state index contributed by atoms with van der Waals surface area (Å²) in [4.78, 5) is 17.9. The number of nitrogens with one attached hydrogen (secondary N) is 1. The number of ether oxygens (including phenoxy) is 2. The molecule has 6 heteroatoms. The van der Waals surface area contributed by atoms with Crippen LogP contribution in [0.1, 0.15) is 15.9 Å². The molecule has 0 unspecified atom stereocenters. The summed E-state index contributed by atoms with van der Waals surface area (Å²) in [6.45, 7) is 0.412. The molecule has 0 aliphatic rings. The maximum atomic E-state index is 12.5. The number of aromatic nitrogens is 1. The predicted molar refractivity (Wildman–Crippen MR) is 98.3 cm³/mol. The SMILES string of the molecule is COc1ccc(C(=O)NCc2ccnc(-c3cccs3)c2)c(OC)c1. The van der Waals surface area contributed by atoms with Crippen LogP contribution in [0, 0.1) is 0 Å². The van der Waals surface area contributed by atoms with Crippen molar-refractivity contribution in [2.45, 2.75) is 6.54 Å². The molecule has 128 valence electrons. The Bertz CT molecular complexity index is 863. The Balaban J connectivity index is 1.72. The van der Waals surface area contributed by atoms with E-state index in [1.807, 2.05) is 29.6 Å². The van der Waals surface area contributed by atoms with Crippen molar-refractivity contribution in [3.05, 3.63) is 65.2 Å². The fourth-order valence-electron chi connectivity index (χ4n) is 2.41. The molecule has 25 heavy (non-hydrogen) atoms. The van der Waals surface area contributed by atoms with Gasteiger partial charge in [0.15, 0.2) is 0 Å². The van der Waals surface area contributed by atoms with Gasteiger partial charge in [0.2, 0.25) is 0 Å². The van der Waals surface area contributed by atoms with Crippen molar-refractivity contribution in [2.75, 3.05) is 14.2 Å². The summed E-state index contributed by atoms with van der Waals surface area (Å²) in [5.41, 5.74) is 2.36. The van der Waals surface area contributed by atoms with Crippen LogP contribution in [-0.2, 0) is 6.54 Å². The van der Waals surface area contributed by atoms with Crippen LogP contribution in [0.5, 0.6) is 11.5 Å². The Morgan fingerprint density at radius 1 is 1.16 bits per heavy atom. The van der Waals surface area contributed by atoms with Gasteiger partial charge in [-0.15, -0.1) is 11.3 Å². The number of hydrogen-bond donors (Lipinski definition) is 1. The molecule has 0 atom stereocenters. The van der Waals surface area contributed by atoms with Gasteiger partial charge in [-0.3, -0.25) is 9.78 Å². The summed E-state index contributed by atoms with van der Waals surface area (Å²) >= 11 is 1.64. The number of carbonyl (C=O) groups excluding carboxylic acids is 1. The summed E-state index contributed by atoms with van der Waals surface area (Å²) in [7, 11) is 3.10. The predicted octanol–water partition coefficient (Wildman–Crippen LogP) is 3.76. The van der Waals surface area contributed by atoms with Gasteiger partial charge < -0.3 is 14.8 Å². The summed E-state index contributed by atoms with van der Waals surface area (Å²) in [5, 5.41) is 4.93. The standard InChI is InChI=1S/C19H18N2O3S/c1-23-14-5-6-15(17(11-14)24-2)19(22)21-12-13-7-8-20-16(10-13)18-4-3-9-25-18/h3-11H,12H2,1-2H3,(H,21,22). The molecule has 0 radical (unpaired) electrons. The maximum absolute atomic E-state index is 12.5. The smallest absolute Gasteiger partial charge is 0.255 e. The van der Waals surface area contributed by atoms with Gasteiger partial charge in [-0.25, -0.2) is 0 Å². The Morgan fingerprint density at radius 2 is 2.04 bits per heavy atom. The summed E-state index contributed by atoms with van der Waals surface area (Å²) < 4.78 is 10.4. The van der Waals surface area contributed by atoms with Crippen LogP contribution in [0.15, 0.2) is 54.0 Å². The highest BCUT2D eigenvalue weighted by Gasteiger charge is 2.13. The van der Waals surface area contributed by atoms with Crippen molar-refractivity contribution in [2.24, 2.45) is 0 Å². The van der Waals surface area contributed by atoms with Gasteiger partial charge in [0.05, 0.1) is 30.4 Å². The molecular formula is C19H18N2O3S. The van der Waals surface area contributed by atoms with Gasteiger partial charge in [-0.2, -0.15) is 0 Å². The number of carbonyl (C=O) groups is 1. The number of benzene rings is 1. The summed E-state index contributed by atoms with van der Waals surface area (Å²) in [5.74, 6) is 0.919. The maximum Gasteiger partial charge on any atom is 0.255 e. The molecule has 0 saturated heterocycles. The number of nitrogens with zero attached hydrogens (tertiary/aromatic N) is 1. The fourth-order valence-corrected chi connectivity index (χ4v) is 3.10. The third kappa shape index (κ3) is 3.97. The molecule has 0 bridgehead atoms. The Labute approximate surface area is 150 Å². The van der Waals surface area contributed by atoms with E-state index >= 15 is 0 Å². The number of thiophene rings is 1. The minimum Gasteiger partial charge on any atom is -0.497 e. The van der Waals surface area contributed by atoms with Crippen LogP contribution < -0.4 is 14.8 Å². The first-order valence-electron chi connectivity index (χ1n) is 7.70. The van der Waals surface area contributed by atoms with Crippen molar-refractivity contribution < 1.29 is 14.3 Å². The molecule has 0 aliphatic heterocycles. The zero-order valence-electron chi connectivity index (χ0n) is 14.0. The van der Waals surface area contributed by atoms with E-state index in [0.29, 0.717) is 23.6 Å². The van der Waals surface area contributed by atoms with E-state index in [9.17, 15) is 4.79 Å². The molecule has 1 amide bonds.